The van der Waals surface area contributed by atoms with Crippen molar-refractivity contribution in [1.29, 1.82) is 0 Å². The number of hydrogen-bond acceptors (Lipinski definition) is 9. The van der Waals surface area contributed by atoms with Gasteiger partial charge in [0, 0.05) is 54.6 Å². The third-order valence-electron chi connectivity index (χ3n) is 7.11. The van der Waals surface area contributed by atoms with Crippen molar-refractivity contribution in [3.05, 3.63) is 47.6 Å². The van der Waals surface area contributed by atoms with E-state index in [0.29, 0.717) is 42.4 Å². The summed E-state index contributed by atoms with van der Waals surface area (Å²) in [6.07, 6.45) is 8.97. The maximum Gasteiger partial charge on any atom is 0.408 e. The maximum absolute atomic E-state index is 13.6. The lowest BCUT2D eigenvalue weighted by Gasteiger charge is -2.26. The van der Waals surface area contributed by atoms with Crippen molar-refractivity contribution < 1.29 is 23.9 Å². The number of benzene rings is 1. The molecule has 3 amide bonds. The molecular weight excluding hydrogens is 562 g/mol. The predicted octanol–water partition coefficient (Wildman–Crippen LogP) is 4.85. The van der Waals surface area contributed by atoms with Crippen molar-refractivity contribution in [1.82, 2.24) is 25.5 Å². The normalized spacial score (nSPS) is 14.6. The minimum atomic E-state index is -0.589. The molecule has 1 aliphatic heterocycles. The van der Waals surface area contributed by atoms with Gasteiger partial charge in [-0.1, -0.05) is 19.1 Å². The summed E-state index contributed by atoms with van der Waals surface area (Å²) in [7, 11) is 0. The van der Waals surface area contributed by atoms with Gasteiger partial charge < -0.3 is 30.7 Å². The first-order chi connectivity index (χ1) is 21.0. The number of nitrogens with two attached hydrogens (primary N) is 1. The first-order valence-electron chi connectivity index (χ1n) is 15.2. The van der Waals surface area contributed by atoms with Crippen LogP contribution in [0.4, 0.5) is 15.3 Å². The number of carbonyl (C=O) groups excluding carboxylic acids is 3. The van der Waals surface area contributed by atoms with Gasteiger partial charge >= 0.3 is 12.2 Å². The van der Waals surface area contributed by atoms with Crippen LogP contribution in [0.25, 0.3) is 17.2 Å². The van der Waals surface area contributed by atoms with Gasteiger partial charge in [-0.2, -0.15) is 0 Å². The van der Waals surface area contributed by atoms with Crippen LogP contribution in [0.1, 0.15) is 77.6 Å². The maximum atomic E-state index is 13.6. The quantitative estimate of drug-likeness (QED) is 0.306. The molecule has 0 unspecified atom stereocenters. The third-order valence-corrected chi connectivity index (χ3v) is 7.11. The molecule has 4 N–H and O–H groups in total. The van der Waals surface area contributed by atoms with Crippen LogP contribution in [0.2, 0.25) is 0 Å². The number of nitrogens with zero attached hydrogens (tertiary/aromatic N) is 4. The molecule has 236 valence electrons. The Labute approximate surface area is 258 Å². The standard InChI is InChI=1S/C32H43N7O5/c1-5-12-39(13-7-14-43-31(42)37-25-8-6-9-25)29(40)23-15-22-11-10-21(16-26(22)38-27(33)17-23)24-18-34-28(35-19-24)20-36-30(41)44-32(2,3)4/h10-11,15-16,18-19,25H,5-9,12-14,17,20H2,1-4H3,(H2,33,38)(H,36,41)(H,37,42). The summed E-state index contributed by atoms with van der Waals surface area (Å²) in [5.41, 5.74) is 9.27. The molecule has 1 aromatic carbocycles. The second-order valence-corrected chi connectivity index (χ2v) is 12.0. The number of nitrogens with one attached hydrogen (secondary N) is 2. The zero-order valence-electron chi connectivity index (χ0n) is 26.0. The molecule has 0 saturated heterocycles. The molecule has 0 radical (unpaired) electrons. The molecule has 1 saturated carbocycles. The van der Waals surface area contributed by atoms with Crippen LogP contribution in [-0.4, -0.2) is 70.1 Å². The van der Waals surface area contributed by atoms with Gasteiger partial charge in [0.15, 0.2) is 0 Å². The Morgan fingerprint density at radius 2 is 1.82 bits per heavy atom. The number of ether oxygens (including phenoxy) is 2. The van der Waals surface area contributed by atoms with E-state index < -0.39 is 17.8 Å². The monoisotopic (exact) mass is 605 g/mol. The van der Waals surface area contributed by atoms with Gasteiger partial charge in [0.1, 0.15) is 17.3 Å². The van der Waals surface area contributed by atoms with Crippen molar-refractivity contribution in [2.45, 2.75) is 84.4 Å². The van der Waals surface area contributed by atoms with Gasteiger partial charge in [0.05, 0.1) is 18.8 Å². The molecule has 4 rings (SSSR count). The highest BCUT2D eigenvalue weighted by Gasteiger charge is 2.23. The Hall–Kier alpha value is -4.48. The van der Waals surface area contributed by atoms with E-state index in [9.17, 15) is 14.4 Å². The van der Waals surface area contributed by atoms with Gasteiger partial charge in [-0.3, -0.25) is 4.79 Å². The molecule has 0 atom stereocenters. The number of alkyl carbamates (subject to hydrolysis) is 2. The minimum Gasteiger partial charge on any atom is -0.449 e. The molecule has 2 heterocycles. The number of rotatable bonds is 11. The summed E-state index contributed by atoms with van der Waals surface area (Å²) in [4.78, 5) is 52.5. The van der Waals surface area contributed by atoms with E-state index in [0.717, 1.165) is 42.4 Å². The van der Waals surface area contributed by atoms with Gasteiger partial charge in [0.2, 0.25) is 5.91 Å². The number of fused-ring (bicyclic) bond motifs is 1. The Balaban J connectivity index is 1.38. The minimum absolute atomic E-state index is 0.107. The molecule has 1 fully saturated rings. The first-order valence-corrected chi connectivity index (χ1v) is 15.2. The zero-order chi connectivity index (χ0) is 31.7. The largest absolute Gasteiger partial charge is 0.449 e. The van der Waals surface area contributed by atoms with Crippen LogP contribution < -0.4 is 16.4 Å². The van der Waals surface area contributed by atoms with Gasteiger partial charge in [0.25, 0.3) is 0 Å². The smallest absolute Gasteiger partial charge is 0.408 e. The summed E-state index contributed by atoms with van der Waals surface area (Å²) in [6, 6.07) is 5.93. The number of aromatic nitrogens is 2. The summed E-state index contributed by atoms with van der Waals surface area (Å²) in [5, 5.41) is 5.50. The topological polar surface area (TPSA) is 161 Å². The van der Waals surface area contributed by atoms with Crippen molar-refractivity contribution in [3.8, 4) is 11.1 Å². The van der Waals surface area contributed by atoms with E-state index >= 15 is 0 Å². The number of aliphatic imine (C=N–C) groups is 1. The fourth-order valence-corrected chi connectivity index (χ4v) is 4.74. The molecule has 2 aliphatic rings. The first kappa shape index (κ1) is 32.4. The van der Waals surface area contributed by atoms with E-state index in [4.69, 9.17) is 15.2 Å². The van der Waals surface area contributed by atoms with Crippen LogP contribution >= 0.6 is 0 Å². The Kier molecular flexibility index (Phi) is 10.9. The average molecular weight is 606 g/mol. The molecule has 0 bridgehead atoms. The van der Waals surface area contributed by atoms with Crippen LogP contribution in [0.5, 0.6) is 0 Å². The lowest BCUT2D eigenvalue weighted by atomic mass is 9.93. The second kappa shape index (κ2) is 14.8. The Bertz CT molecular complexity index is 1390. The van der Waals surface area contributed by atoms with Crippen molar-refractivity contribution in [3.63, 3.8) is 0 Å². The van der Waals surface area contributed by atoms with Crippen LogP contribution in [-0.2, 0) is 20.8 Å². The van der Waals surface area contributed by atoms with Crippen LogP contribution in [0.15, 0.2) is 41.2 Å². The summed E-state index contributed by atoms with van der Waals surface area (Å²) >= 11 is 0. The summed E-state index contributed by atoms with van der Waals surface area (Å²) in [6.45, 7) is 8.83. The van der Waals surface area contributed by atoms with Crippen molar-refractivity contribution in [2.75, 3.05) is 19.7 Å². The highest BCUT2D eigenvalue weighted by atomic mass is 16.6. The molecular formula is C32H43N7O5. The van der Waals surface area contributed by atoms with Crippen LogP contribution in [0, 0.1) is 0 Å². The molecule has 44 heavy (non-hydrogen) atoms. The number of carbonyl (C=O) groups is 3. The number of hydrogen-bond donors (Lipinski definition) is 3. The summed E-state index contributed by atoms with van der Waals surface area (Å²) in [5.74, 6) is 0.681. The van der Waals surface area contributed by atoms with E-state index in [1.807, 2.05) is 31.2 Å². The highest BCUT2D eigenvalue weighted by Crippen LogP contribution is 2.32. The molecule has 1 aromatic heterocycles. The van der Waals surface area contributed by atoms with Crippen LogP contribution in [0.3, 0.4) is 0 Å². The van der Waals surface area contributed by atoms with E-state index in [2.05, 4.69) is 25.6 Å². The molecule has 12 nitrogen and oxygen atoms in total. The van der Waals surface area contributed by atoms with Gasteiger partial charge in [-0.05, 0) is 70.6 Å². The van der Waals surface area contributed by atoms with Gasteiger partial charge in [-0.25, -0.2) is 24.5 Å². The Morgan fingerprint density at radius 3 is 2.48 bits per heavy atom. The lowest BCUT2D eigenvalue weighted by molar-refractivity contribution is -0.127. The molecule has 1 aliphatic carbocycles. The SMILES string of the molecule is CCCN(CCCOC(=O)NC1CCC1)C(=O)C1=Cc2ccc(-c3cnc(CNC(=O)OC(C)(C)C)nc3)cc2N=C(N)C1. The Morgan fingerprint density at radius 1 is 1.07 bits per heavy atom. The fourth-order valence-electron chi connectivity index (χ4n) is 4.74. The van der Waals surface area contributed by atoms with E-state index in [1.54, 1.807) is 38.1 Å². The van der Waals surface area contributed by atoms with Crippen molar-refractivity contribution >= 4 is 35.7 Å². The van der Waals surface area contributed by atoms with Gasteiger partial charge in [-0.15, -0.1) is 0 Å². The molecule has 0 spiro atoms. The summed E-state index contributed by atoms with van der Waals surface area (Å²) < 4.78 is 10.5. The van der Waals surface area contributed by atoms with E-state index in [1.165, 1.54) is 0 Å². The van der Waals surface area contributed by atoms with Crippen molar-refractivity contribution in [2.24, 2.45) is 10.7 Å². The molecule has 12 heteroatoms. The lowest BCUT2D eigenvalue weighted by Crippen LogP contribution is -2.40. The second-order valence-electron chi connectivity index (χ2n) is 12.0. The van der Waals surface area contributed by atoms with E-state index in [-0.39, 0.29) is 31.5 Å². The predicted molar refractivity (Wildman–Crippen MR) is 168 cm³/mol. The number of amidine groups is 1. The fraction of sp³-hybridized carbons (Fsp3) is 0.500. The molecule has 2 aromatic rings. The highest BCUT2D eigenvalue weighted by molar-refractivity contribution is 6.05. The zero-order valence-corrected chi connectivity index (χ0v) is 26.0. The number of amides is 3. The third kappa shape index (κ3) is 9.51. The average Bonchev–Trinajstić information content (AvgIpc) is 3.12.